The molecular formula is C16H18BrN3O2. The van der Waals surface area contributed by atoms with Crippen LogP contribution in [0, 0.1) is 13.8 Å². The third-order valence-electron chi connectivity index (χ3n) is 2.94. The van der Waals surface area contributed by atoms with Crippen molar-refractivity contribution in [1.29, 1.82) is 0 Å². The molecule has 0 aliphatic carbocycles. The number of aromatic nitrogens is 2. The van der Waals surface area contributed by atoms with Gasteiger partial charge in [0.2, 0.25) is 5.91 Å². The van der Waals surface area contributed by atoms with E-state index in [0.29, 0.717) is 11.8 Å². The molecule has 1 atom stereocenters. The Balaban J connectivity index is 2.04. The summed E-state index contributed by atoms with van der Waals surface area (Å²) in [6, 6.07) is 9.31. The van der Waals surface area contributed by atoms with Crippen LogP contribution >= 0.6 is 15.9 Å². The van der Waals surface area contributed by atoms with Crippen LogP contribution in [0.15, 0.2) is 30.3 Å². The summed E-state index contributed by atoms with van der Waals surface area (Å²) < 4.78 is 5.62. The summed E-state index contributed by atoms with van der Waals surface area (Å²) in [5, 5.41) is 2.83. The maximum absolute atomic E-state index is 11.8. The lowest BCUT2D eigenvalue weighted by Gasteiger charge is -2.10. The summed E-state index contributed by atoms with van der Waals surface area (Å²) in [6.07, 6.45) is 0.733. The Labute approximate surface area is 138 Å². The van der Waals surface area contributed by atoms with Crippen LogP contribution in [0.25, 0.3) is 0 Å². The second kappa shape index (κ2) is 7.35. The summed E-state index contributed by atoms with van der Waals surface area (Å²) in [6.45, 7) is 5.73. The van der Waals surface area contributed by atoms with Crippen molar-refractivity contribution in [3.63, 3.8) is 0 Å². The normalized spacial score (nSPS) is 11.8. The fraction of sp³-hybridized carbons (Fsp3) is 0.312. The van der Waals surface area contributed by atoms with Gasteiger partial charge in [-0.15, -0.1) is 0 Å². The van der Waals surface area contributed by atoms with Crippen molar-refractivity contribution in [2.75, 3.05) is 5.32 Å². The number of benzene rings is 1. The van der Waals surface area contributed by atoms with Crippen molar-refractivity contribution in [2.45, 2.75) is 32.0 Å². The first-order valence-electron chi connectivity index (χ1n) is 7.03. The molecule has 2 rings (SSSR count). The number of carbonyl (C=O) groups is 1. The molecule has 0 saturated heterocycles. The number of hydrogen-bond donors (Lipinski definition) is 1. The zero-order valence-corrected chi connectivity index (χ0v) is 14.3. The van der Waals surface area contributed by atoms with Gasteiger partial charge in [-0.1, -0.05) is 22.9 Å². The zero-order valence-electron chi connectivity index (χ0n) is 12.8. The molecule has 1 aromatic heterocycles. The van der Waals surface area contributed by atoms with E-state index in [0.717, 1.165) is 23.5 Å². The Morgan fingerprint density at radius 1 is 1.23 bits per heavy atom. The lowest BCUT2D eigenvalue weighted by atomic mass is 10.2. The first kappa shape index (κ1) is 16.4. The topological polar surface area (TPSA) is 64.1 Å². The smallest absolute Gasteiger partial charge is 0.322 e. The summed E-state index contributed by atoms with van der Waals surface area (Å²) in [4.78, 5) is 20.0. The van der Waals surface area contributed by atoms with Crippen LogP contribution in [0.1, 0.15) is 24.7 Å². The average Bonchev–Trinajstić information content (AvgIpc) is 2.47. The van der Waals surface area contributed by atoms with E-state index in [9.17, 15) is 4.79 Å². The third kappa shape index (κ3) is 4.53. The number of carbonyl (C=O) groups excluding carboxylic acids is 1. The molecule has 1 heterocycles. The van der Waals surface area contributed by atoms with E-state index in [1.807, 2.05) is 26.8 Å². The molecule has 0 bridgehead atoms. The monoisotopic (exact) mass is 363 g/mol. The van der Waals surface area contributed by atoms with Crippen molar-refractivity contribution in [2.24, 2.45) is 0 Å². The number of halogens is 1. The molecule has 116 valence electrons. The number of nitrogens with zero attached hydrogens (tertiary/aromatic N) is 2. The number of ether oxygens (including phenoxy) is 1. The molecule has 0 saturated carbocycles. The van der Waals surface area contributed by atoms with Crippen molar-refractivity contribution >= 4 is 27.5 Å². The minimum absolute atomic E-state index is 0.0613. The molecule has 1 amide bonds. The maximum atomic E-state index is 11.8. The number of rotatable bonds is 5. The SMILES string of the molecule is CCC(Br)C(=O)Nc1ccc(Oc2nc(C)cc(C)n2)cc1. The molecule has 1 unspecified atom stereocenters. The summed E-state index contributed by atoms with van der Waals surface area (Å²) in [5.74, 6) is 0.558. The van der Waals surface area contributed by atoms with Crippen molar-refractivity contribution < 1.29 is 9.53 Å². The predicted molar refractivity (Wildman–Crippen MR) is 89.7 cm³/mol. The number of anilines is 1. The number of amides is 1. The highest BCUT2D eigenvalue weighted by Crippen LogP contribution is 2.21. The van der Waals surface area contributed by atoms with Crippen LogP contribution in [0.3, 0.4) is 0 Å². The third-order valence-corrected chi connectivity index (χ3v) is 4.00. The zero-order chi connectivity index (χ0) is 16.1. The van der Waals surface area contributed by atoms with Crippen LogP contribution < -0.4 is 10.1 Å². The van der Waals surface area contributed by atoms with Gasteiger partial charge in [0.15, 0.2) is 0 Å². The van der Waals surface area contributed by atoms with Gasteiger partial charge in [0.25, 0.3) is 0 Å². The summed E-state index contributed by atoms with van der Waals surface area (Å²) in [7, 11) is 0. The minimum Gasteiger partial charge on any atom is -0.424 e. The minimum atomic E-state index is -0.188. The molecule has 0 aliphatic rings. The van der Waals surface area contributed by atoms with E-state index in [1.54, 1.807) is 24.3 Å². The molecule has 1 N–H and O–H groups in total. The fourth-order valence-corrected chi connectivity index (χ4v) is 1.97. The molecule has 5 nitrogen and oxygen atoms in total. The van der Waals surface area contributed by atoms with Crippen LogP contribution in [0.5, 0.6) is 11.8 Å². The first-order valence-corrected chi connectivity index (χ1v) is 7.94. The molecule has 1 aromatic carbocycles. The second-order valence-electron chi connectivity index (χ2n) is 4.92. The van der Waals surface area contributed by atoms with Gasteiger partial charge >= 0.3 is 6.01 Å². The van der Waals surface area contributed by atoms with Gasteiger partial charge in [-0.25, -0.2) is 9.97 Å². The highest BCUT2D eigenvalue weighted by Gasteiger charge is 2.12. The second-order valence-corrected chi connectivity index (χ2v) is 6.03. The van der Waals surface area contributed by atoms with Gasteiger partial charge in [-0.05, 0) is 50.6 Å². The molecule has 2 aromatic rings. The number of nitrogens with one attached hydrogen (secondary N) is 1. The Morgan fingerprint density at radius 2 is 1.82 bits per heavy atom. The molecule has 0 fully saturated rings. The van der Waals surface area contributed by atoms with Gasteiger partial charge < -0.3 is 10.1 Å². The highest BCUT2D eigenvalue weighted by atomic mass is 79.9. The lowest BCUT2D eigenvalue weighted by molar-refractivity contribution is -0.115. The Bertz CT molecular complexity index is 639. The predicted octanol–water partition coefficient (Wildman–Crippen LogP) is 4.00. The fourth-order valence-electron chi connectivity index (χ4n) is 1.86. The largest absolute Gasteiger partial charge is 0.424 e. The van der Waals surface area contributed by atoms with Crippen LogP contribution in [0.4, 0.5) is 5.69 Å². The van der Waals surface area contributed by atoms with Gasteiger partial charge in [-0.3, -0.25) is 4.79 Å². The average molecular weight is 364 g/mol. The van der Waals surface area contributed by atoms with Crippen LogP contribution in [-0.2, 0) is 4.79 Å². The van der Waals surface area contributed by atoms with E-state index < -0.39 is 0 Å². The maximum Gasteiger partial charge on any atom is 0.322 e. The quantitative estimate of drug-likeness (QED) is 0.815. The molecule has 0 aliphatic heterocycles. The molecular weight excluding hydrogens is 346 g/mol. The molecule has 0 radical (unpaired) electrons. The van der Waals surface area contributed by atoms with Gasteiger partial charge in [0.05, 0.1) is 4.83 Å². The van der Waals surface area contributed by atoms with Crippen molar-refractivity contribution in [3.05, 3.63) is 41.7 Å². The Hall–Kier alpha value is -1.95. The first-order chi connectivity index (χ1) is 10.5. The van der Waals surface area contributed by atoms with Crippen molar-refractivity contribution in [1.82, 2.24) is 9.97 Å². The standard InChI is InChI=1S/C16H18BrN3O2/c1-4-14(17)15(21)20-12-5-7-13(8-6-12)22-16-18-10(2)9-11(3)19-16/h5-9,14H,4H2,1-3H3,(H,20,21). The van der Waals surface area contributed by atoms with E-state index in [-0.39, 0.29) is 10.7 Å². The number of aryl methyl sites for hydroxylation is 2. The summed E-state index contributed by atoms with van der Waals surface area (Å²) in [5.41, 5.74) is 2.43. The van der Waals surface area contributed by atoms with E-state index in [4.69, 9.17) is 4.74 Å². The van der Waals surface area contributed by atoms with Crippen molar-refractivity contribution in [3.8, 4) is 11.8 Å². The highest BCUT2D eigenvalue weighted by molar-refractivity contribution is 9.10. The molecule has 6 heteroatoms. The number of hydrogen-bond acceptors (Lipinski definition) is 4. The summed E-state index contributed by atoms with van der Waals surface area (Å²) >= 11 is 3.32. The number of alkyl halides is 1. The Morgan fingerprint density at radius 3 is 2.36 bits per heavy atom. The molecule has 0 spiro atoms. The van der Waals surface area contributed by atoms with Gasteiger partial charge in [0.1, 0.15) is 5.75 Å². The van der Waals surface area contributed by atoms with E-state index >= 15 is 0 Å². The van der Waals surface area contributed by atoms with Gasteiger partial charge in [-0.2, -0.15) is 0 Å². The van der Waals surface area contributed by atoms with Crippen LogP contribution in [-0.4, -0.2) is 20.7 Å². The lowest BCUT2D eigenvalue weighted by Crippen LogP contribution is -2.21. The van der Waals surface area contributed by atoms with Gasteiger partial charge in [0, 0.05) is 17.1 Å². The Kier molecular flexibility index (Phi) is 5.49. The van der Waals surface area contributed by atoms with E-state index in [2.05, 4.69) is 31.2 Å². The van der Waals surface area contributed by atoms with E-state index in [1.165, 1.54) is 0 Å². The molecule has 22 heavy (non-hydrogen) atoms. The van der Waals surface area contributed by atoms with Crippen LogP contribution in [0.2, 0.25) is 0 Å².